The monoisotopic (exact) mass is 363 g/mol. The number of benzene rings is 1. The molecule has 1 aliphatic carbocycles. The van der Waals surface area contributed by atoms with Crippen LogP contribution in [-0.4, -0.2) is 28.8 Å². The molecule has 2 heterocycles. The second-order valence-electron chi connectivity index (χ2n) is 6.28. The van der Waals surface area contributed by atoms with Crippen molar-refractivity contribution in [1.29, 1.82) is 0 Å². The van der Waals surface area contributed by atoms with Crippen molar-refractivity contribution < 1.29 is 18.7 Å². The lowest BCUT2D eigenvalue weighted by molar-refractivity contribution is 0.0958. The van der Waals surface area contributed by atoms with Crippen molar-refractivity contribution in [3.8, 4) is 5.75 Å². The standard InChI is InChI=1S/C20H17N3O4/c1-26-14-6-4-12(5-7-14)19(25)23-20-21-11-15-16(22-20)9-13(10-17(15)24)18-3-2-8-27-18/h2-8,11,13H,9-10H2,1H3,(H,21,22,23,25)/t13-/m1/s1. The number of aromatic nitrogens is 2. The minimum atomic E-state index is -0.331. The Morgan fingerprint density at radius 2 is 2.04 bits per heavy atom. The van der Waals surface area contributed by atoms with Gasteiger partial charge in [0.05, 0.1) is 24.6 Å². The lowest BCUT2D eigenvalue weighted by atomic mass is 9.85. The number of anilines is 1. The van der Waals surface area contributed by atoms with Crippen LogP contribution in [0.1, 0.15) is 44.5 Å². The van der Waals surface area contributed by atoms with E-state index in [-0.39, 0.29) is 23.6 Å². The molecule has 1 aromatic carbocycles. The van der Waals surface area contributed by atoms with Gasteiger partial charge in [0.25, 0.3) is 5.91 Å². The number of furan rings is 1. The molecular formula is C20H17N3O4. The zero-order valence-corrected chi connectivity index (χ0v) is 14.6. The van der Waals surface area contributed by atoms with Crippen LogP contribution >= 0.6 is 0 Å². The van der Waals surface area contributed by atoms with Crippen molar-refractivity contribution in [2.45, 2.75) is 18.8 Å². The largest absolute Gasteiger partial charge is 0.497 e. The zero-order chi connectivity index (χ0) is 18.8. The van der Waals surface area contributed by atoms with Gasteiger partial charge in [0, 0.05) is 30.5 Å². The summed E-state index contributed by atoms with van der Waals surface area (Å²) >= 11 is 0. The summed E-state index contributed by atoms with van der Waals surface area (Å²) in [7, 11) is 1.56. The molecule has 0 spiro atoms. The maximum absolute atomic E-state index is 12.4. The van der Waals surface area contributed by atoms with Gasteiger partial charge in [0.15, 0.2) is 5.78 Å². The number of rotatable bonds is 4. The molecule has 0 saturated heterocycles. The van der Waals surface area contributed by atoms with Gasteiger partial charge < -0.3 is 9.15 Å². The average Bonchev–Trinajstić information content (AvgIpc) is 3.22. The average molecular weight is 363 g/mol. The molecule has 4 rings (SSSR count). The number of ether oxygens (including phenoxy) is 1. The molecule has 1 aliphatic rings. The van der Waals surface area contributed by atoms with Crippen molar-refractivity contribution in [2.75, 3.05) is 12.4 Å². The third-order valence-corrected chi connectivity index (χ3v) is 4.56. The molecular weight excluding hydrogens is 346 g/mol. The first-order chi connectivity index (χ1) is 13.1. The van der Waals surface area contributed by atoms with Gasteiger partial charge in [0.2, 0.25) is 5.95 Å². The van der Waals surface area contributed by atoms with Crippen LogP contribution in [0.3, 0.4) is 0 Å². The summed E-state index contributed by atoms with van der Waals surface area (Å²) in [6.45, 7) is 0. The number of carbonyl (C=O) groups is 2. The van der Waals surface area contributed by atoms with Crippen LogP contribution in [0.15, 0.2) is 53.3 Å². The number of nitrogens with zero attached hydrogens (tertiary/aromatic N) is 2. The summed E-state index contributed by atoms with van der Waals surface area (Å²) in [6, 6.07) is 10.4. The van der Waals surface area contributed by atoms with Crippen molar-refractivity contribution in [2.24, 2.45) is 0 Å². The first-order valence-electron chi connectivity index (χ1n) is 8.52. The van der Waals surface area contributed by atoms with Gasteiger partial charge in [-0.2, -0.15) is 0 Å². The van der Waals surface area contributed by atoms with Crippen LogP contribution < -0.4 is 10.1 Å². The predicted molar refractivity (Wildman–Crippen MR) is 97.1 cm³/mol. The lowest BCUT2D eigenvalue weighted by Crippen LogP contribution is -2.22. The van der Waals surface area contributed by atoms with Crippen LogP contribution in [0.4, 0.5) is 5.95 Å². The number of carbonyl (C=O) groups excluding carboxylic acids is 2. The van der Waals surface area contributed by atoms with E-state index in [0.29, 0.717) is 35.4 Å². The molecule has 0 unspecified atom stereocenters. The normalized spacial score (nSPS) is 15.9. The second kappa shape index (κ2) is 7.03. The first-order valence-corrected chi connectivity index (χ1v) is 8.52. The molecule has 7 heteroatoms. The van der Waals surface area contributed by atoms with E-state index in [1.54, 1.807) is 43.7 Å². The SMILES string of the molecule is COc1ccc(C(=O)Nc2ncc3c(n2)C[C@@H](c2ccco2)CC3=O)cc1. The number of hydrogen-bond acceptors (Lipinski definition) is 6. The van der Waals surface area contributed by atoms with E-state index in [4.69, 9.17) is 9.15 Å². The fourth-order valence-corrected chi connectivity index (χ4v) is 3.15. The van der Waals surface area contributed by atoms with E-state index >= 15 is 0 Å². The molecule has 27 heavy (non-hydrogen) atoms. The van der Waals surface area contributed by atoms with E-state index in [9.17, 15) is 9.59 Å². The van der Waals surface area contributed by atoms with E-state index in [2.05, 4.69) is 15.3 Å². The van der Waals surface area contributed by atoms with E-state index in [1.165, 1.54) is 6.20 Å². The highest BCUT2D eigenvalue weighted by Crippen LogP contribution is 2.32. The molecule has 0 aliphatic heterocycles. The minimum Gasteiger partial charge on any atom is -0.497 e. The molecule has 1 amide bonds. The van der Waals surface area contributed by atoms with Gasteiger partial charge in [-0.05, 0) is 36.4 Å². The van der Waals surface area contributed by atoms with E-state index in [1.807, 2.05) is 6.07 Å². The van der Waals surface area contributed by atoms with E-state index < -0.39 is 0 Å². The van der Waals surface area contributed by atoms with Crippen LogP contribution in [0.2, 0.25) is 0 Å². The summed E-state index contributed by atoms with van der Waals surface area (Å²) in [6.07, 6.45) is 3.99. The fourth-order valence-electron chi connectivity index (χ4n) is 3.15. The second-order valence-corrected chi connectivity index (χ2v) is 6.28. The van der Waals surface area contributed by atoms with Crippen LogP contribution in [0, 0.1) is 0 Å². The summed E-state index contributed by atoms with van der Waals surface area (Å²) in [5.41, 5.74) is 1.58. The zero-order valence-electron chi connectivity index (χ0n) is 14.6. The summed E-state index contributed by atoms with van der Waals surface area (Å²) in [4.78, 5) is 33.3. The molecule has 1 atom stereocenters. The number of Topliss-reactive ketones (excluding diaryl/α,β-unsaturated/α-hetero) is 1. The Bertz CT molecular complexity index is 981. The molecule has 0 bridgehead atoms. The molecule has 0 saturated carbocycles. The third kappa shape index (κ3) is 3.44. The van der Waals surface area contributed by atoms with Crippen LogP contribution in [-0.2, 0) is 6.42 Å². The number of amides is 1. The summed E-state index contributed by atoms with van der Waals surface area (Å²) in [5.74, 6) is 1.19. The summed E-state index contributed by atoms with van der Waals surface area (Å²) < 4.78 is 10.5. The highest BCUT2D eigenvalue weighted by Gasteiger charge is 2.29. The quantitative estimate of drug-likeness (QED) is 0.765. The fraction of sp³-hybridized carbons (Fsp3) is 0.200. The van der Waals surface area contributed by atoms with Gasteiger partial charge in [-0.1, -0.05) is 0 Å². The highest BCUT2D eigenvalue weighted by molar-refractivity contribution is 6.03. The summed E-state index contributed by atoms with van der Waals surface area (Å²) in [5, 5.41) is 2.67. The van der Waals surface area contributed by atoms with Gasteiger partial charge in [0.1, 0.15) is 11.5 Å². The van der Waals surface area contributed by atoms with Gasteiger partial charge in [-0.15, -0.1) is 0 Å². The number of methoxy groups -OCH3 is 1. The van der Waals surface area contributed by atoms with E-state index in [0.717, 1.165) is 5.76 Å². The molecule has 2 aromatic heterocycles. The first kappa shape index (κ1) is 17.0. The molecule has 0 fully saturated rings. The number of ketones is 1. The number of fused-ring (bicyclic) bond motifs is 1. The van der Waals surface area contributed by atoms with Crippen molar-refractivity contribution in [1.82, 2.24) is 9.97 Å². The third-order valence-electron chi connectivity index (χ3n) is 4.56. The smallest absolute Gasteiger partial charge is 0.258 e. The van der Waals surface area contributed by atoms with Gasteiger partial charge in [-0.25, -0.2) is 9.97 Å². The Morgan fingerprint density at radius 3 is 2.74 bits per heavy atom. The van der Waals surface area contributed by atoms with Crippen molar-refractivity contribution in [3.63, 3.8) is 0 Å². The number of hydrogen-bond donors (Lipinski definition) is 1. The van der Waals surface area contributed by atoms with Gasteiger partial charge >= 0.3 is 0 Å². The molecule has 7 nitrogen and oxygen atoms in total. The van der Waals surface area contributed by atoms with Crippen LogP contribution in [0.5, 0.6) is 5.75 Å². The Morgan fingerprint density at radius 1 is 1.22 bits per heavy atom. The lowest BCUT2D eigenvalue weighted by Gasteiger charge is -2.21. The maximum atomic E-state index is 12.4. The Kier molecular flexibility index (Phi) is 4.42. The predicted octanol–water partition coefficient (Wildman–Crippen LogP) is 3.24. The van der Waals surface area contributed by atoms with Crippen LogP contribution in [0.25, 0.3) is 0 Å². The minimum absolute atomic E-state index is 0.0225. The number of nitrogens with one attached hydrogen (secondary N) is 1. The topological polar surface area (TPSA) is 94.3 Å². The maximum Gasteiger partial charge on any atom is 0.258 e. The molecule has 1 N–H and O–H groups in total. The van der Waals surface area contributed by atoms with Crippen molar-refractivity contribution >= 4 is 17.6 Å². The Hall–Kier alpha value is -3.48. The molecule has 136 valence electrons. The molecule has 0 radical (unpaired) electrons. The Labute approximate surface area is 155 Å². The molecule has 3 aromatic rings. The highest BCUT2D eigenvalue weighted by atomic mass is 16.5. The van der Waals surface area contributed by atoms with Gasteiger partial charge in [-0.3, -0.25) is 14.9 Å². The Balaban J connectivity index is 1.54. The van der Waals surface area contributed by atoms with Crippen molar-refractivity contribution in [3.05, 3.63) is 71.4 Å².